The van der Waals surface area contributed by atoms with Crippen LogP contribution in [0.3, 0.4) is 0 Å². The molecule has 0 unspecified atom stereocenters. The van der Waals surface area contributed by atoms with Gasteiger partial charge in [0.05, 0.1) is 0 Å². The Morgan fingerprint density at radius 1 is 1.24 bits per heavy atom. The molecule has 1 heterocycles. The minimum Gasteiger partial charge on any atom is -0.359 e. The Morgan fingerprint density at radius 2 is 1.90 bits per heavy atom. The van der Waals surface area contributed by atoms with E-state index >= 15 is 0 Å². The van der Waals surface area contributed by atoms with Gasteiger partial charge in [0.25, 0.3) is 0 Å². The van der Waals surface area contributed by atoms with Crippen LogP contribution in [-0.2, 0) is 6.54 Å². The molecular weight excluding hydrogens is 280 g/mol. The van der Waals surface area contributed by atoms with Crippen LogP contribution in [-0.4, -0.2) is 54.7 Å². The number of likely N-dealkylation sites (N-methyl/N-ethyl adjacent to an activating group) is 1. The fraction of sp³-hybridized carbons (Fsp3) is 0.438. The van der Waals surface area contributed by atoms with E-state index < -0.39 is 0 Å². The van der Waals surface area contributed by atoms with E-state index in [1.807, 2.05) is 0 Å². The first-order valence-electron chi connectivity index (χ1n) is 7.33. The number of anilines is 1. The van der Waals surface area contributed by atoms with Crippen LogP contribution >= 0.6 is 12.2 Å². The topological polar surface area (TPSA) is 30.5 Å². The van der Waals surface area contributed by atoms with Crippen LogP contribution in [0.5, 0.6) is 0 Å². The summed E-state index contributed by atoms with van der Waals surface area (Å²) < 4.78 is 0. The first kappa shape index (κ1) is 15.9. The highest BCUT2D eigenvalue weighted by molar-refractivity contribution is 7.80. The molecule has 2 N–H and O–H groups in total. The SMILES string of the molecule is C=CCNC(=S)Nc1ccc(CN2CCN(C)CC2)cc1. The Balaban J connectivity index is 1.81. The second-order valence-electron chi connectivity index (χ2n) is 5.40. The van der Waals surface area contributed by atoms with Crippen LogP contribution in [0.1, 0.15) is 5.56 Å². The molecular formula is C16H24N4S. The maximum atomic E-state index is 5.19. The molecule has 0 aromatic heterocycles. The fourth-order valence-electron chi connectivity index (χ4n) is 2.30. The summed E-state index contributed by atoms with van der Waals surface area (Å²) in [6.07, 6.45) is 1.78. The molecule has 1 aliphatic rings. The molecule has 0 saturated carbocycles. The summed E-state index contributed by atoms with van der Waals surface area (Å²) in [4.78, 5) is 4.87. The molecule has 21 heavy (non-hydrogen) atoms. The number of benzene rings is 1. The summed E-state index contributed by atoms with van der Waals surface area (Å²) in [5, 5.41) is 6.85. The van der Waals surface area contributed by atoms with Crippen LogP contribution in [0.4, 0.5) is 5.69 Å². The average Bonchev–Trinajstić information content (AvgIpc) is 2.49. The lowest BCUT2D eigenvalue weighted by molar-refractivity contribution is 0.148. The summed E-state index contributed by atoms with van der Waals surface area (Å²) in [6.45, 7) is 9.95. The smallest absolute Gasteiger partial charge is 0.171 e. The third-order valence-electron chi connectivity index (χ3n) is 3.62. The van der Waals surface area contributed by atoms with Crippen molar-refractivity contribution < 1.29 is 0 Å². The molecule has 1 saturated heterocycles. The summed E-state index contributed by atoms with van der Waals surface area (Å²) >= 11 is 5.19. The minimum atomic E-state index is 0.627. The van der Waals surface area contributed by atoms with Gasteiger partial charge >= 0.3 is 0 Å². The van der Waals surface area contributed by atoms with Crippen LogP contribution in [0.2, 0.25) is 0 Å². The number of piperazine rings is 1. The Hall–Kier alpha value is -1.43. The predicted molar refractivity (Wildman–Crippen MR) is 93.6 cm³/mol. The molecule has 0 radical (unpaired) electrons. The average molecular weight is 304 g/mol. The second kappa shape index (κ2) is 8.12. The summed E-state index contributed by atoms with van der Waals surface area (Å²) in [6, 6.07) is 8.48. The van der Waals surface area contributed by atoms with Gasteiger partial charge in [0.1, 0.15) is 0 Å². The Kier molecular flexibility index (Phi) is 6.17. The van der Waals surface area contributed by atoms with Crippen molar-refractivity contribution in [2.75, 3.05) is 45.1 Å². The van der Waals surface area contributed by atoms with Crippen molar-refractivity contribution in [1.82, 2.24) is 15.1 Å². The van der Waals surface area contributed by atoms with Gasteiger partial charge in [0.15, 0.2) is 5.11 Å². The van der Waals surface area contributed by atoms with Gasteiger partial charge in [-0.1, -0.05) is 18.2 Å². The molecule has 2 rings (SSSR count). The standard InChI is InChI=1S/C16H24N4S/c1-3-8-17-16(21)18-15-6-4-14(5-7-15)13-20-11-9-19(2)10-12-20/h3-7H,1,8-13H2,2H3,(H2,17,18,21). The van der Waals surface area contributed by atoms with Gasteiger partial charge in [-0.25, -0.2) is 0 Å². The molecule has 0 atom stereocenters. The molecule has 1 aromatic carbocycles. The molecule has 1 aliphatic heterocycles. The zero-order valence-corrected chi connectivity index (χ0v) is 13.5. The van der Waals surface area contributed by atoms with Crippen LogP contribution < -0.4 is 10.6 Å². The summed E-state index contributed by atoms with van der Waals surface area (Å²) in [7, 11) is 2.18. The monoisotopic (exact) mass is 304 g/mol. The lowest BCUT2D eigenvalue weighted by atomic mass is 10.2. The number of thiocarbonyl (C=S) groups is 1. The number of rotatable bonds is 5. The highest BCUT2D eigenvalue weighted by atomic mass is 32.1. The zero-order valence-electron chi connectivity index (χ0n) is 12.6. The van der Waals surface area contributed by atoms with Gasteiger partial charge in [0, 0.05) is 45.0 Å². The third-order valence-corrected chi connectivity index (χ3v) is 3.87. The highest BCUT2D eigenvalue weighted by Crippen LogP contribution is 2.12. The van der Waals surface area contributed by atoms with Crippen molar-refractivity contribution in [3.05, 3.63) is 42.5 Å². The van der Waals surface area contributed by atoms with Crippen LogP contribution in [0.25, 0.3) is 0 Å². The van der Waals surface area contributed by atoms with Gasteiger partial charge in [0.2, 0.25) is 0 Å². The minimum absolute atomic E-state index is 0.627. The normalized spacial score (nSPS) is 16.4. The van der Waals surface area contributed by atoms with Crippen molar-refractivity contribution >= 4 is 23.0 Å². The number of nitrogens with one attached hydrogen (secondary N) is 2. The zero-order chi connectivity index (χ0) is 15.1. The van der Waals surface area contributed by atoms with E-state index in [2.05, 4.69) is 58.3 Å². The maximum Gasteiger partial charge on any atom is 0.171 e. The lowest BCUT2D eigenvalue weighted by Crippen LogP contribution is -2.43. The van der Waals surface area contributed by atoms with E-state index in [0.717, 1.165) is 38.4 Å². The van der Waals surface area contributed by atoms with Gasteiger partial charge in [-0.05, 0) is 37.0 Å². The van der Waals surface area contributed by atoms with E-state index in [0.29, 0.717) is 11.7 Å². The Morgan fingerprint density at radius 3 is 2.52 bits per heavy atom. The molecule has 114 valence electrons. The number of hydrogen-bond acceptors (Lipinski definition) is 3. The van der Waals surface area contributed by atoms with Gasteiger partial charge in [-0.15, -0.1) is 6.58 Å². The van der Waals surface area contributed by atoms with Crippen molar-refractivity contribution in [3.63, 3.8) is 0 Å². The summed E-state index contributed by atoms with van der Waals surface area (Å²) in [5.41, 5.74) is 2.36. The third kappa shape index (κ3) is 5.46. The predicted octanol–water partition coefficient (Wildman–Crippen LogP) is 1.91. The molecule has 1 aromatic rings. The number of hydrogen-bond donors (Lipinski definition) is 2. The summed E-state index contributed by atoms with van der Waals surface area (Å²) in [5.74, 6) is 0. The lowest BCUT2D eigenvalue weighted by Gasteiger charge is -2.32. The second-order valence-corrected chi connectivity index (χ2v) is 5.81. The first-order valence-corrected chi connectivity index (χ1v) is 7.74. The first-order chi connectivity index (χ1) is 10.2. The molecule has 0 bridgehead atoms. The molecule has 0 amide bonds. The van der Waals surface area contributed by atoms with E-state index in [-0.39, 0.29) is 0 Å². The number of nitrogens with zero attached hydrogens (tertiary/aromatic N) is 2. The van der Waals surface area contributed by atoms with E-state index in [1.54, 1.807) is 6.08 Å². The fourth-order valence-corrected chi connectivity index (χ4v) is 2.50. The van der Waals surface area contributed by atoms with Gasteiger partial charge in [-0.3, -0.25) is 4.90 Å². The van der Waals surface area contributed by atoms with Crippen molar-refractivity contribution in [2.24, 2.45) is 0 Å². The van der Waals surface area contributed by atoms with Crippen molar-refractivity contribution in [2.45, 2.75) is 6.54 Å². The van der Waals surface area contributed by atoms with Gasteiger partial charge in [-0.2, -0.15) is 0 Å². The van der Waals surface area contributed by atoms with Crippen molar-refractivity contribution in [1.29, 1.82) is 0 Å². The van der Waals surface area contributed by atoms with E-state index in [9.17, 15) is 0 Å². The van der Waals surface area contributed by atoms with Crippen molar-refractivity contribution in [3.8, 4) is 0 Å². The van der Waals surface area contributed by atoms with E-state index in [1.165, 1.54) is 5.56 Å². The Bertz CT molecular complexity index is 464. The highest BCUT2D eigenvalue weighted by Gasteiger charge is 2.13. The van der Waals surface area contributed by atoms with Crippen LogP contribution in [0, 0.1) is 0 Å². The Labute approximate surface area is 132 Å². The van der Waals surface area contributed by atoms with E-state index in [4.69, 9.17) is 12.2 Å². The largest absolute Gasteiger partial charge is 0.359 e. The van der Waals surface area contributed by atoms with Gasteiger partial charge < -0.3 is 15.5 Å². The molecule has 4 nitrogen and oxygen atoms in total. The molecule has 1 fully saturated rings. The molecule has 0 aliphatic carbocycles. The quantitative estimate of drug-likeness (QED) is 0.641. The molecule has 0 spiro atoms. The molecule has 5 heteroatoms. The maximum absolute atomic E-state index is 5.19. The van der Waals surface area contributed by atoms with Crippen LogP contribution in [0.15, 0.2) is 36.9 Å².